The Hall–Kier alpha value is -0.640. The van der Waals surface area contributed by atoms with Gasteiger partial charge in [0.15, 0.2) is 5.11 Å². The van der Waals surface area contributed by atoms with E-state index in [0.717, 1.165) is 25.9 Å². The molecule has 1 atom stereocenters. The van der Waals surface area contributed by atoms with Crippen LogP contribution in [-0.2, 0) is 4.79 Å². The van der Waals surface area contributed by atoms with Crippen LogP contribution in [0.3, 0.4) is 0 Å². The number of amides is 1. The van der Waals surface area contributed by atoms with Crippen molar-refractivity contribution in [1.82, 2.24) is 10.2 Å². The first-order valence-corrected chi connectivity index (χ1v) is 6.17. The third-order valence-electron chi connectivity index (χ3n) is 3.12. The van der Waals surface area contributed by atoms with Gasteiger partial charge in [-0.3, -0.25) is 4.79 Å². The number of rotatable bonds is 1. The molecular weight excluding hydrogens is 208 g/mol. The summed E-state index contributed by atoms with van der Waals surface area (Å²) in [5.74, 6) is 1.05. The van der Waals surface area contributed by atoms with Crippen LogP contribution in [0.25, 0.3) is 0 Å². The molecular formula is C11H18N2OS. The second-order valence-electron chi connectivity index (χ2n) is 4.76. The Morgan fingerprint density at radius 3 is 2.73 bits per heavy atom. The molecule has 15 heavy (non-hydrogen) atoms. The number of carbonyl (C=O) groups is 1. The monoisotopic (exact) mass is 226 g/mol. The van der Waals surface area contributed by atoms with Gasteiger partial charge in [0, 0.05) is 19.0 Å². The van der Waals surface area contributed by atoms with E-state index >= 15 is 0 Å². The smallest absolute Gasteiger partial charge is 0.229 e. The van der Waals surface area contributed by atoms with Crippen LogP contribution >= 0.6 is 12.2 Å². The number of piperidine rings is 1. The SMILES string of the molecule is CC1CCCN(C(=S)NC(=O)C2CC2)C1. The van der Waals surface area contributed by atoms with Crippen LogP contribution in [0.15, 0.2) is 0 Å². The molecule has 0 radical (unpaired) electrons. The maximum atomic E-state index is 11.5. The molecule has 0 aromatic heterocycles. The van der Waals surface area contributed by atoms with Crippen LogP contribution in [0.4, 0.5) is 0 Å². The molecule has 2 aliphatic rings. The van der Waals surface area contributed by atoms with Crippen molar-refractivity contribution >= 4 is 23.2 Å². The quantitative estimate of drug-likeness (QED) is 0.688. The molecule has 1 saturated heterocycles. The highest BCUT2D eigenvalue weighted by atomic mass is 32.1. The normalized spacial score (nSPS) is 26.2. The molecule has 1 heterocycles. The third kappa shape index (κ3) is 2.91. The zero-order chi connectivity index (χ0) is 10.8. The zero-order valence-electron chi connectivity index (χ0n) is 9.16. The first-order valence-electron chi connectivity index (χ1n) is 5.76. The van der Waals surface area contributed by atoms with Crippen molar-refractivity contribution in [3.8, 4) is 0 Å². The molecule has 2 rings (SSSR count). The third-order valence-corrected chi connectivity index (χ3v) is 3.48. The van der Waals surface area contributed by atoms with E-state index in [2.05, 4.69) is 17.1 Å². The van der Waals surface area contributed by atoms with E-state index in [1.807, 2.05) is 0 Å². The van der Waals surface area contributed by atoms with E-state index in [4.69, 9.17) is 12.2 Å². The summed E-state index contributed by atoms with van der Waals surface area (Å²) in [7, 11) is 0. The van der Waals surface area contributed by atoms with Gasteiger partial charge in [0.05, 0.1) is 0 Å². The first-order chi connectivity index (χ1) is 7.16. The highest BCUT2D eigenvalue weighted by molar-refractivity contribution is 7.80. The van der Waals surface area contributed by atoms with Crippen LogP contribution in [0.1, 0.15) is 32.6 Å². The molecule has 1 saturated carbocycles. The molecule has 1 N–H and O–H groups in total. The minimum Gasteiger partial charge on any atom is -0.349 e. The van der Waals surface area contributed by atoms with E-state index in [-0.39, 0.29) is 11.8 Å². The predicted octanol–water partition coefficient (Wildman–Crippen LogP) is 1.53. The Balaban J connectivity index is 1.81. The Kier molecular flexibility index (Phi) is 3.24. The molecule has 1 unspecified atom stereocenters. The van der Waals surface area contributed by atoms with Crippen LogP contribution in [0.2, 0.25) is 0 Å². The summed E-state index contributed by atoms with van der Waals surface area (Å²) in [5, 5.41) is 3.49. The summed E-state index contributed by atoms with van der Waals surface area (Å²) in [5.41, 5.74) is 0. The number of hydrogen-bond donors (Lipinski definition) is 1. The van der Waals surface area contributed by atoms with E-state index < -0.39 is 0 Å². The lowest BCUT2D eigenvalue weighted by molar-refractivity contribution is -0.121. The zero-order valence-corrected chi connectivity index (χ0v) is 9.98. The van der Waals surface area contributed by atoms with Gasteiger partial charge in [-0.15, -0.1) is 0 Å². The van der Waals surface area contributed by atoms with Crippen molar-refractivity contribution in [2.75, 3.05) is 13.1 Å². The number of carbonyl (C=O) groups excluding carboxylic acids is 1. The maximum absolute atomic E-state index is 11.5. The first kappa shape index (κ1) is 10.9. The van der Waals surface area contributed by atoms with Crippen molar-refractivity contribution < 1.29 is 4.79 Å². The van der Waals surface area contributed by atoms with E-state index in [1.165, 1.54) is 12.8 Å². The minimum absolute atomic E-state index is 0.123. The van der Waals surface area contributed by atoms with E-state index in [9.17, 15) is 4.79 Å². The Bertz CT molecular complexity index is 276. The Morgan fingerprint density at radius 1 is 1.40 bits per heavy atom. The van der Waals surface area contributed by atoms with Crippen molar-refractivity contribution in [3.05, 3.63) is 0 Å². The summed E-state index contributed by atoms with van der Waals surface area (Å²) >= 11 is 5.24. The number of likely N-dealkylation sites (tertiary alicyclic amines) is 1. The summed E-state index contributed by atoms with van der Waals surface area (Å²) < 4.78 is 0. The van der Waals surface area contributed by atoms with Gasteiger partial charge in [-0.05, 0) is 43.8 Å². The summed E-state index contributed by atoms with van der Waals surface area (Å²) in [4.78, 5) is 13.6. The Labute approximate surface area is 96.2 Å². The van der Waals surface area contributed by atoms with E-state index in [0.29, 0.717) is 11.0 Å². The molecule has 2 fully saturated rings. The fraction of sp³-hybridized carbons (Fsp3) is 0.818. The molecule has 1 aliphatic carbocycles. The summed E-state index contributed by atoms with van der Waals surface area (Å²) in [6.07, 6.45) is 4.52. The number of nitrogens with zero attached hydrogens (tertiary/aromatic N) is 1. The van der Waals surface area contributed by atoms with Gasteiger partial charge in [-0.2, -0.15) is 0 Å². The predicted molar refractivity (Wildman–Crippen MR) is 63.4 cm³/mol. The fourth-order valence-electron chi connectivity index (χ4n) is 2.01. The average molecular weight is 226 g/mol. The molecule has 84 valence electrons. The van der Waals surface area contributed by atoms with Gasteiger partial charge in [-0.1, -0.05) is 6.92 Å². The van der Waals surface area contributed by atoms with Crippen molar-refractivity contribution in [2.24, 2.45) is 11.8 Å². The fourth-order valence-corrected chi connectivity index (χ4v) is 2.27. The minimum atomic E-state index is 0.123. The van der Waals surface area contributed by atoms with E-state index in [1.54, 1.807) is 0 Å². The second kappa shape index (κ2) is 4.47. The molecule has 1 aliphatic heterocycles. The molecule has 0 spiro atoms. The largest absolute Gasteiger partial charge is 0.349 e. The van der Waals surface area contributed by atoms with Crippen LogP contribution < -0.4 is 5.32 Å². The molecule has 4 heteroatoms. The van der Waals surface area contributed by atoms with Gasteiger partial charge in [0.25, 0.3) is 0 Å². The standard InChI is InChI=1S/C11H18N2OS/c1-8-3-2-6-13(7-8)11(15)12-10(14)9-4-5-9/h8-9H,2-7H2,1H3,(H,12,14,15). The molecule has 1 amide bonds. The summed E-state index contributed by atoms with van der Waals surface area (Å²) in [6.45, 7) is 4.22. The van der Waals surface area contributed by atoms with Crippen LogP contribution in [0.5, 0.6) is 0 Å². The molecule has 3 nitrogen and oxygen atoms in total. The molecule has 0 aromatic rings. The average Bonchev–Trinajstić information content (AvgIpc) is 3.00. The lowest BCUT2D eigenvalue weighted by Crippen LogP contribution is -2.47. The van der Waals surface area contributed by atoms with Crippen molar-refractivity contribution in [1.29, 1.82) is 0 Å². The second-order valence-corrected chi connectivity index (χ2v) is 5.15. The highest BCUT2D eigenvalue weighted by Gasteiger charge is 2.31. The van der Waals surface area contributed by atoms with Gasteiger partial charge >= 0.3 is 0 Å². The topological polar surface area (TPSA) is 32.3 Å². The Morgan fingerprint density at radius 2 is 2.13 bits per heavy atom. The van der Waals surface area contributed by atoms with Crippen LogP contribution in [0, 0.1) is 11.8 Å². The van der Waals surface area contributed by atoms with Gasteiger partial charge in [0.1, 0.15) is 0 Å². The number of hydrogen-bond acceptors (Lipinski definition) is 2. The summed E-state index contributed by atoms with van der Waals surface area (Å²) in [6, 6.07) is 0. The van der Waals surface area contributed by atoms with Crippen LogP contribution in [-0.4, -0.2) is 29.0 Å². The van der Waals surface area contributed by atoms with Gasteiger partial charge < -0.3 is 10.2 Å². The lowest BCUT2D eigenvalue weighted by atomic mass is 10.0. The van der Waals surface area contributed by atoms with Crippen molar-refractivity contribution in [2.45, 2.75) is 32.6 Å². The molecule has 0 bridgehead atoms. The number of thiocarbonyl (C=S) groups is 1. The maximum Gasteiger partial charge on any atom is 0.229 e. The van der Waals surface area contributed by atoms with Gasteiger partial charge in [-0.25, -0.2) is 0 Å². The number of nitrogens with one attached hydrogen (secondary N) is 1. The highest BCUT2D eigenvalue weighted by Crippen LogP contribution is 2.28. The lowest BCUT2D eigenvalue weighted by Gasteiger charge is -2.32. The van der Waals surface area contributed by atoms with Gasteiger partial charge in [0.2, 0.25) is 5.91 Å². The van der Waals surface area contributed by atoms with Crippen molar-refractivity contribution in [3.63, 3.8) is 0 Å². The molecule has 0 aromatic carbocycles.